The van der Waals surface area contributed by atoms with Crippen LogP contribution in [0.2, 0.25) is 0 Å². The molecule has 1 unspecified atom stereocenters. The zero-order valence-corrected chi connectivity index (χ0v) is 18.3. The number of halogens is 6. The molecule has 3 nitrogen and oxygen atoms in total. The first kappa shape index (κ1) is 23.8. The fourth-order valence-corrected chi connectivity index (χ4v) is 4.41. The van der Waals surface area contributed by atoms with Crippen molar-refractivity contribution in [2.45, 2.75) is 45.0 Å². The van der Waals surface area contributed by atoms with Crippen molar-refractivity contribution in [2.24, 2.45) is 10.7 Å². The van der Waals surface area contributed by atoms with Crippen molar-refractivity contribution >= 4 is 22.4 Å². The van der Waals surface area contributed by atoms with Gasteiger partial charge >= 0.3 is 12.4 Å². The van der Waals surface area contributed by atoms with E-state index in [0.717, 1.165) is 18.4 Å². The first-order valence-electron chi connectivity index (χ1n) is 10.6. The number of hydrogen-bond acceptors (Lipinski definition) is 2. The number of amidine groups is 2. The van der Waals surface area contributed by atoms with Crippen LogP contribution in [0, 0.1) is 5.41 Å². The molecule has 0 fully saturated rings. The van der Waals surface area contributed by atoms with Gasteiger partial charge in [-0.3, -0.25) is 5.41 Å². The molecule has 178 valence electrons. The molecule has 3 N–H and O–H groups in total. The van der Waals surface area contributed by atoms with Gasteiger partial charge in [-0.25, -0.2) is 4.99 Å². The Bertz CT molecular complexity index is 1300. The van der Waals surface area contributed by atoms with Gasteiger partial charge in [-0.15, -0.1) is 0 Å². The highest BCUT2D eigenvalue weighted by Gasteiger charge is 2.38. The van der Waals surface area contributed by atoms with E-state index >= 15 is 0 Å². The molecule has 1 aliphatic heterocycles. The lowest BCUT2D eigenvalue weighted by Crippen LogP contribution is -2.14. The summed E-state index contributed by atoms with van der Waals surface area (Å²) in [6.07, 6.45) is -8.20. The first-order valence-corrected chi connectivity index (χ1v) is 10.6. The normalized spacial score (nSPS) is 14.9. The second kappa shape index (κ2) is 8.14. The number of hydrogen-bond donors (Lipinski definition) is 2. The molecule has 0 amide bonds. The summed E-state index contributed by atoms with van der Waals surface area (Å²) in [6, 6.07) is 8.57. The molecule has 0 saturated carbocycles. The summed E-state index contributed by atoms with van der Waals surface area (Å²) in [5.74, 6) is -0.177. The van der Waals surface area contributed by atoms with E-state index in [-0.39, 0.29) is 45.9 Å². The van der Waals surface area contributed by atoms with Gasteiger partial charge in [-0.05, 0) is 58.5 Å². The van der Waals surface area contributed by atoms with E-state index in [0.29, 0.717) is 22.9 Å². The maximum atomic E-state index is 13.6. The quantitative estimate of drug-likeness (QED) is 0.376. The summed E-state index contributed by atoms with van der Waals surface area (Å²) < 4.78 is 81.5. The van der Waals surface area contributed by atoms with Crippen LogP contribution in [0.15, 0.2) is 47.5 Å². The molecule has 1 aliphatic rings. The molecule has 0 aliphatic carbocycles. The lowest BCUT2D eigenvalue weighted by Gasteiger charge is -2.19. The van der Waals surface area contributed by atoms with E-state index in [4.69, 9.17) is 11.1 Å². The van der Waals surface area contributed by atoms with Crippen LogP contribution < -0.4 is 5.73 Å². The van der Waals surface area contributed by atoms with Crippen molar-refractivity contribution < 1.29 is 26.3 Å². The maximum Gasteiger partial charge on any atom is 0.416 e. The minimum atomic E-state index is -4.99. The van der Waals surface area contributed by atoms with Crippen LogP contribution in [0.3, 0.4) is 0 Å². The number of nitrogens with two attached hydrogens (primary N) is 1. The van der Waals surface area contributed by atoms with Gasteiger partial charge in [0.1, 0.15) is 5.84 Å². The van der Waals surface area contributed by atoms with Crippen LogP contribution in [-0.4, -0.2) is 11.7 Å². The Balaban J connectivity index is 2.12. The predicted octanol–water partition coefficient (Wildman–Crippen LogP) is 7.49. The monoisotopic (exact) mass is 477 g/mol. The number of nitrogens with zero attached hydrogens (tertiary/aromatic N) is 1. The van der Waals surface area contributed by atoms with Gasteiger partial charge in [0.05, 0.1) is 11.1 Å². The third kappa shape index (κ3) is 4.15. The molecule has 3 aromatic carbocycles. The summed E-state index contributed by atoms with van der Waals surface area (Å²) >= 11 is 0. The zero-order valence-electron chi connectivity index (χ0n) is 18.3. The van der Waals surface area contributed by atoms with Gasteiger partial charge in [0, 0.05) is 16.7 Å². The van der Waals surface area contributed by atoms with Crippen LogP contribution in [-0.2, 0) is 12.4 Å². The molecule has 0 radical (unpaired) electrons. The highest BCUT2D eigenvalue weighted by Crippen LogP contribution is 2.43. The Labute approximate surface area is 191 Å². The molecule has 34 heavy (non-hydrogen) atoms. The van der Waals surface area contributed by atoms with E-state index in [2.05, 4.69) is 4.99 Å². The van der Waals surface area contributed by atoms with Crippen LogP contribution in [0.5, 0.6) is 0 Å². The van der Waals surface area contributed by atoms with Gasteiger partial charge in [0.25, 0.3) is 0 Å². The molecule has 0 saturated heterocycles. The minimum absolute atomic E-state index is 0.100. The van der Waals surface area contributed by atoms with Crippen LogP contribution >= 0.6 is 0 Å². The number of rotatable bonds is 4. The van der Waals surface area contributed by atoms with Gasteiger partial charge < -0.3 is 5.73 Å². The summed E-state index contributed by atoms with van der Waals surface area (Å²) in [7, 11) is 0. The fraction of sp³-hybridized carbons (Fsp3) is 0.280. The third-order valence-electron chi connectivity index (χ3n) is 6.08. The number of alkyl halides is 6. The molecule has 3 aromatic rings. The van der Waals surface area contributed by atoms with Gasteiger partial charge in [0.15, 0.2) is 5.84 Å². The topological polar surface area (TPSA) is 62.2 Å². The second-order valence-corrected chi connectivity index (χ2v) is 8.48. The lowest BCUT2D eigenvalue weighted by molar-refractivity contribution is -0.143. The first-order chi connectivity index (χ1) is 15.8. The van der Waals surface area contributed by atoms with E-state index < -0.39 is 23.5 Å². The van der Waals surface area contributed by atoms with Crippen molar-refractivity contribution in [2.75, 3.05) is 0 Å². The Hall–Kier alpha value is -3.36. The Morgan fingerprint density at radius 1 is 0.912 bits per heavy atom. The highest BCUT2D eigenvalue weighted by molar-refractivity contribution is 6.27. The minimum Gasteiger partial charge on any atom is -0.383 e. The smallest absolute Gasteiger partial charge is 0.383 e. The lowest BCUT2D eigenvalue weighted by atomic mass is 9.86. The van der Waals surface area contributed by atoms with Crippen molar-refractivity contribution in [3.8, 4) is 11.1 Å². The zero-order chi connectivity index (χ0) is 25.0. The molecule has 1 atom stereocenters. The number of nitrogens with one attached hydrogen (secondary N) is 1. The summed E-state index contributed by atoms with van der Waals surface area (Å²) in [4.78, 5) is 3.93. The predicted molar refractivity (Wildman–Crippen MR) is 120 cm³/mol. The van der Waals surface area contributed by atoms with E-state index in [1.54, 1.807) is 18.2 Å². The van der Waals surface area contributed by atoms with Gasteiger partial charge in [0.2, 0.25) is 0 Å². The van der Waals surface area contributed by atoms with E-state index in [9.17, 15) is 26.3 Å². The standard InChI is InChI=1S/C25H21F6N3/c1-3-4-12(2)13-5-6-14-10-19-21(23(33)34-22(19)32)20(18(14)9-13)15-7-16(24(26,27)28)11-17(8-15)25(29,30)31/h5-12H,3-4H2,1-2H3,(H3,32,33,34). The number of fused-ring (bicyclic) bond motifs is 2. The van der Waals surface area contributed by atoms with Crippen molar-refractivity contribution in [3.05, 3.63) is 70.3 Å². The van der Waals surface area contributed by atoms with Crippen LogP contribution in [0.1, 0.15) is 60.4 Å². The number of aliphatic imine (C=N–C) groups is 1. The Kier molecular flexibility index (Phi) is 5.70. The Morgan fingerprint density at radius 3 is 2.09 bits per heavy atom. The molecule has 9 heteroatoms. The molecule has 0 aromatic heterocycles. The van der Waals surface area contributed by atoms with Crippen molar-refractivity contribution in [1.29, 1.82) is 5.41 Å². The molecule has 4 rings (SSSR count). The van der Waals surface area contributed by atoms with Crippen molar-refractivity contribution in [1.82, 2.24) is 0 Å². The third-order valence-corrected chi connectivity index (χ3v) is 6.08. The van der Waals surface area contributed by atoms with Crippen molar-refractivity contribution in [3.63, 3.8) is 0 Å². The average Bonchev–Trinajstić information content (AvgIpc) is 3.03. The Morgan fingerprint density at radius 2 is 1.53 bits per heavy atom. The fourth-order valence-electron chi connectivity index (χ4n) is 4.41. The van der Waals surface area contributed by atoms with E-state index in [1.165, 1.54) is 0 Å². The number of benzene rings is 3. The SMILES string of the molecule is CCCC(C)c1ccc2cc3c(c(-c4cc(C(F)(F)F)cc(C(F)(F)F)c4)c2c1)C(N)=NC3=N. The van der Waals surface area contributed by atoms with Crippen LogP contribution in [0.25, 0.3) is 21.9 Å². The van der Waals surface area contributed by atoms with Gasteiger partial charge in [-0.2, -0.15) is 26.3 Å². The average molecular weight is 477 g/mol. The molecule has 0 spiro atoms. The van der Waals surface area contributed by atoms with E-state index in [1.807, 2.05) is 19.9 Å². The van der Waals surface area contributed by atoms with Gasteiger partial charge in [-0.1, -0.05) is 38.5 Å². The highest BCUT2D eigenvalue weighted by atomic mass is 19.4. The molecular weight excluding hydrogens is 456 g/mol. The summed E-state index contributed by atoms with van der Waals surface area (Å²) in [5, 5.41) is 9.15. The molecule has 0 bridgehead atoms. The summed E-state index contributed by atoms with van der Waals surface area (Å²) in [5.41, 5.74) is 4.36. The second-order valence-electron chi connectivity index (χ2n) is 8.48. The molecular formula is C25H21F6N3. The molecule has 1 heterocycles. The largest absolute Gasteiger partial charge is 0.416 e. The maximum absolute atomic E-state index is 13.6. The summed E-state index contributed by atoms with van der Waals surface area (Å²) in [6.45, 7) is 4.04. The van der Waals surface area contributed by atoms with Crippen LogP contribution in [0.4, 0.5) is 26.3 Å².